The molecule has 0 unspecified atom stereocenters. The van der Waals surface area contributed by atoms with Crippen molar-refractivity contribution in [2.75, 3.05) is 18.5 Å². The number of anilines is 1. The number of nitrogens with zero attached hydrogens (tertiary/aromatic N) is 1. The van der Waals surface area contributed by atoms with E-state index in [2.05, 4.69) is 37.2 Å². The summed E-state index contributed by atoms with van der Waals surface area (Å²) in [6.45, 7) is 5.09. The summed E-state index contributed by atoms with van der Waals surface area (Å²) >= 11 is 7.07. The van der Waals surface area contributed by atoms with Crippen LogP contribution in [0.4, 0.5) is 5.69 Å². The molecule has 180 valence electrons. The smallest absolute Gasteiger partial charge is 0.266 e. The molecule has 35 heavy (non-hydrogen) atoms. The van der Waals surface area contributed by atoms with Crippen LogP contribution in [0, 0.1) is 11.3 Å². The number of carbonyl (C=O) groups excluding carboxylic acids is 1. The summed E-state index contributed by atoms with van der Waals surface area (Å²) < 4.78 is 18.8. The molecule has 0 atom stereocenters. The SMILES string of the molecule is CCOc1ccc(NC(=O)/C(C#N)=C/c2cc(Br)c(OCc3ccccc3Br)c(OCC)c2)cc1. The predicted molar refractivity (Wildman–Crippen MR) is 144 cm³/mol. The van der Waals surface area contributed by atoms with E-state index in [1.165, 1.54) is 6.08 Å². The average Bonchev–Trinajstić information content (AvgIpc) is 2.84. The van der Waals surface area contributed by atoms with Gasteiger partial charge in [0.15, 0.2) is 11.5 Å². The highest BCUT2D eigenvalue weighted by molar-refractivity contribution is 9.10. The van der Waals surface area contributed by atoms with Crippen LogP contribution in [0.15, 0.2) is 75.2 Å². The molecule has 0 saturated carbocycles. The maximum atomic E-state index is 12.7. The lowest BCUT2D eigenvalue weighted by Crippen LogP contribution is -2.13. The average molecular weight is 600 g/mol. The van der Waals surface area contributed by atoms with Crippen molar-refractivity contribution < 1.29 is 19.0 Å². The van der Waals surface area contributed by atoms with Crippen molar-refractivity contribution in [3.63, 3.8) is 0 Å². The summed E-state index contributed by atoms with van der Waals surface area (Å²) in [5.74, 6) is 1.23. The largest absolute Gasteiger partial charge is 0.494 e. The molecule has 8 heteroatoms. The second kappa shape index (κ2) is 13.0. The normalized spacial score (nSPS) is 10.9. The summed E-state index contributed by atoms with van der Waals surface area (Å²) in [6, 6.07) is 20.2. The Hall–Kier alpha value is -3.28. The summed E-state index contributed by atoms with van der Waals surface area (Å²) in [4.78, 5) is 12.7. The van der Waals surface area contributed by atoms with E-state index in [4.69, 9.17) is 14.2 Å². The van der Waals surface area contributed by atoms with Crippen LogP contribution >= 0.6 is 31.9 Å². The third-order valence-electron chi connectivity index (χ3n) is 4.76. The molecule has 3 aromatic carbocycles. The Morgan fingerprint density at radius 1 is 0.971 bits per heavy atom. The predicted octanol–water partition coefficient (Wildman–Crippen LogP) is 7.13. The molecule has 0 aliphatic rings. The van der Waals surface area contributed by atoms with Gasteiger partial charge in [0.05, 0.1) is 17.7 Å². The van der Waals surface area contributed by atoms with Crippen molar-refractivity contribution in [3.8, 4) is 23.3 Å². The third kappa shape index (κ3) is 7.35. The first-order chi connectivity index (χ1) is 16.9. The van der Waals surface area contributed by atoms with Crippen molar-refractivity contribution >= 4 is 49.5 Å². The van der Waals surface area contributed by atoms with E-state index in [0.717, 1.165) is 10.0 Å². The minimum absolute atomic E-state index is 0.0462. The molecule has 1 amide bonds. The van der Waals surface area contributed by atoms with Gasteiger partial charge in [-0.2, -0.15) is 5.26 Å². The van der Waals surface area contributed by atoms with Gasteiger partial charge >= 0.3 is 0 Å². The van der Waals surface area contributed by atoms with Crippen molar-refractivity contribution in [1.29, 1.82) is 5.26 Å². The van der Waals surface area contributed by atoms with Gasteiger partial charge in [0.2, 0.25) is 0 Å². The fraction of sp³-hybridized carbons (Fsp3) is 0.185. The zero-order valence-electron chi connectivity index (χ0n) is 19.3. The number of nitriles is 1. The van der Waals surface area contributed by atoms with E-state index in [9.17, 15) is 10.1 Å². The minimum atomic E-state index is -0.514. The van der Waals surface area contributed by atoms with Crippen molar-refractivity contribution in [1.82, 2.24) is 0 Å². The standard InChI is InChI=1S/C27H24Br2N2O4/c1-3-33-22-11-9-21(10-12-22)31-27(32)20(16-30)13-18-14-24(29)26(25(15-18)34-4-2)35-17-19-7-5-6-8-23(19)28/h5-15H,3-4,17H2,1-2H3,(H,31,32)/b20-13+. The van der Waals surface area contributed by atoms with Gasteiger partial charge in [0, 0.05) is 15.7 Å². The van der Waals surface area contributed by atoms with E-state index in [0.29, 0.717) is 52.8 Å². The maximum absolute atomic E-state index is 12.7. The number of amides is 1. The quantitative estimate of drug-likeness (QED) is 0.198. The molecule has 0 saturated heterocycles. The van der Waals surface area contributed by atoms with Crippen molar-refractivity contribution in [2.45, 2.75) is 20.5 Å². The maximum Gasteiger partial charge on any atom is 0.266 e. The molecule has 0 radical (unpaired) electrons. The number of halogens is 2. The van der Waals surface area contributed by atoms with Gasteiger partial charge in [0.1, 0.15) is 24.0 Å². The lowest BCUT2D eigenvalue weighted by molar-refractivity contribution is -0.112. The number of carbonyl (C=O) groups is 1. The summed E-state index contributed by atoms with van der Waals surface area (Å²) in [6.07, 6.45) is 1.51. The van der Waals surface area contributed by atoms with Crippen LogP contribution in [-0.4, -0.2) is 19.1 Å². The molecule has 0 aromatic heterocycles. The number of ether oxygens (including phenoxy) is 3. The molecule has 0 aliphatic heterocycles. The first kappa shape index (κ1) is 26.3. The third-order valence-corrected chi connectivity index (χ3v) is 6.12. The van der Waals surface area contributed by atoms with Gasteiger partial charge in [-0.15, -0.1) is 0 Å². The number of nitrogens with one attached hydrogen (secondary N) is 1. The first-order valence-corrected chi connectivity index (χ1v) is 12.5. The molecule has 0 aliphatic carbocycles. The van der Waals surface area contributed by atoms with Gasteiger partial charge in [-0.05, 0) is 83.9 Å². The monoisotopic (exact) mass is 598 g/mol. The van der Waals surface area contributed by atoms with Crippen molar-refractivity contribution in [2.24, 2.45) is 0 Å². The molecule has 3 rings (SSSR count). The highest BCUT2D eigenvalue weighted by Gasteiger charge is 2.15. The Morgan fingerprint density at radius 2 is 1.69 bits per heavy atom. The second-order valence-electron chi connectivity index (χ2n) is 7.22. The molecular weight excluding hydrogens is 576 g/mol. The van der Waals surface area contributed by atoms with Gasteiger partial charge in [-0.25, -0.2) is 0 Å². The minimum Gasteiger partial charge on any atom is -0.494 e. The summed E-state index contributed by atoms with van der Waals surface area (Å²) in [5.41, 5.74) is 2.12. The Kier molecular flexibility index (Phi) is 9.76. The van der Waals surface area contributed by atoms with Crippen LogP contribution in [0.5, 0.6) is 17.2 Å². The van der Waals surface area contributed by atoms with E-state index < -0.39 is 5.91 Å². The lowest BCUT2D eigenvalue weighted by Gasteiger charge is -2.15. The van der Waals surface area contributed by atoms with Crippen LogP contribution in [0.1, 0.15) is 25.0 Å². The van der Waals surface area contributed by atoms with E-state index in [-0.39, 0.29) is 5.57 Å². The molecular formula is C27H24Br2N2O4. The van der Waals surface area contributed by atoms with Gasteiger partial charge in [-0.3, -0.25) is 4.79 Å². The van der Waals surface area contributed by atoms with Crippen LogP contribution in [0.2, 0.25) is 0 Å². The van der Waals surface area contributed by atoms with E-state index >= 15 is 0 Å². The Balaban J connectivity index is 1.81. The Bertz CT molecular complexity index is 1250. The highest BCUT2D eigenvalue weighted by atomic mass is 79.9. The highest BCUT2D eigenvalue weighted by Crippen LogP contribution is 2.38. The van der Waals surface area contributed by atoms with Crippen LogP contribution in [0.3, 0.4) is 0 Å². The van der Waals surface area contributed by atoms with Crippen molar-refractivity contribution in [3.05, 3.63) is 86.3 Å². The fourth-order valence-electron chi connectivity index (χ4n) is 3.15. The number of rotatable bonds is 10. The number of hydrogen-bond donors (Lipinski definition) is 1. The molecule has 0 heterocycles. The van der Waals surface area contributed by atoms with E-state index in [1.54, 1.807) is 36.4 Å². The fourth-order valence-corrected chi connectivity index (χ4v) is 4.13. The topological polar surface area (TPSA) is 80.6 Å². The van der Waals surface area contributed by atoms with Gasteiger partial charge in [0.25, 0.3) is 5.91 Å². The number of benzene rings is 3. The van der Waals surface area contributed by atoms with Gasteiger partial charge < -0.3 is 19.5 Å². The zero-order chi connectivity index (χ0) is 25.2. The first-order valence-electron chi connectivity index (χ1n) is 10.9. The zero-order valence-corrected chi connectivity index (χ0v) is 22.5. The summed E-state index contributed by atoms with van der Waals surface area (Å²) in [5, 5.41) is 12.3. The second-order valence-corrected chi connectivity index (χ2v) is 8.93. The Morgan fingerprint density at radius 3 is 2.34 bits per heavy atom. The molecule has 3 aromatic rings. The Labute approximate surface area is 221 Å². The van der Waals surface area contributed by atoms with Crippen LogP contribution in [-0.2, 0) is 11.4 Å². The molecule has 6 nitrogen and oxygen atoms in total. The molecule has 0 bridgehead atoms. The molecule has 0 fully saturated rings. The van der Waals surface area contributed by atoms with E-state index in [1.807, 2.05) is 44.2 Å². The molecule has 1 N–H and O–H groups in total. The number of hydrogen-bond acceptors (Lipinski definition) is 5. The summed E-state index contributed by atoms with van der Waals surface area (Å²) in [7, 11) is 0. The van der Waals surface area contributed by atoms with Crippen LogP contribution in [0.25, 0.3) is 6.08 Å². The lowest BCUT2D eigenvalue weighted by atomic mass is 10.1. The molecule has 0 spiro atoms. The van der Waals surface area contributed by atoms with Gasteiger partial charge in [-0.1, -0.05) is 34.1 Å². The van der Waals surface area contributed by atoms with Crippen LogP contribution < -0.4 is 19.5 Å².